The average molecular weight is 401 g/mol. The molecule has 0 saturated carbocycles. The Labute approximate surface area is 173 Å². The van der Waals surface area contributed by atoms with Gasteiger partial charge in [-0.05, 0) is 23.8 Å². The number of nitro benzene ring substituents is 1. The molecular weight excluding hydrogens is 382 g/mol. The third-order valence-corrected chi connectivity index (χ3v) is 5.47. The lowest BCUT2D eigenvalue weighted by Gasteiger charge is -2.38. The second-order valence-corrected chi connectivity index (χ2v) is 7.24. The molecule has 0 spiro atoms. The topological polar surface area (TPSA) is 77.2 Å². The van der Waals surface area contributed by atoms with E-state index in [9.17, 15) is 10.1 Å². The van der Waals surface area contributed by atoms with E-state index in [2.05, 4.69) is 0 Å². The summed E-state index contributed by atoms with van der Waals surface area (Å²) < 4.78 is 11.7. The minimum Gasteiger partial charge on any atom is -0.497 e. The number of non-ortho nitro benzene ring substituents is 1. The van der Waals surface area contributed by atoms with Gasteiger partial charge in [0.1, 0.15) is 11.5 Å². The van der Waals surface area contributed by atoms with Crippen LogP contribution in [0.3, 0.4) is 0 Å². The van der Waals surface area contributed by atoms with Gasteiger partial charge in [-0.15, -0.1) is 0 Å². The van der Waals surface area contributed by atoms with Gasteiger partial charge >= 0.3 is 0 Å². The predicted octanol–water partition coefficient (Wildman–Crippen LogP) is 4.85. The quantitative estimate of drug-likeness (QED) is 0.462. The zero-order valence-electron chi connectivity index (χ0n) is 16.3. The standard InChI is InChI=1S/C23H19N3O4/c1-29-18-10-11-22-19(13-18)21-14-20(15-6-3-2-4-7-15)24-25(21)23(30-22)16-8-5-9-17(12-16)26(27)28/h2-13,21,23H,14H2,1H3/t21-,23-/m1/s1. The van der Waals surface area contributed by atoms with E-state index in [-0.39, 0.29) is 11.7 Å². The van der Waals surface area contributed by atoms with Gasteiger partial charge in [-0.3, -0.25) is 10.1 Å². The maximum absolute atomic E-state index is 11.3. The zero-order chi connectivity index (χ0) is 20.7. The van der Waals surface area contributed by atoms with Crippen molar-refractivity contribution in [2.24, 2.45) is 5.10 Å². The molecule has 2 heterocycles. The molecule has 3 aromatic rings. The van der Waals surface area contributed by atoms with Gasteiger partial charge in [-0.25, -0.2) is 5.01 Å². The van der Waals surface area contributed by atoms with Crippen LogP contribution in [-0.2, 0) is 0 Å². The zero-order valence-corrected chi connectivity index (χ0v) is 16.3. The summed E-state index contributed by atoms with van der Waals surface area (Å²) in [4.78, 5) is 10.9. The van der Waals surface area contributed by atoms with E-state index in [1.807, 2.05) is 59.6 Å². The van der Waals surface area contributed by atoms with E-state index in [0.717, 1.165) is 28.3 Å². The largest absolute Gasteiger partial charge is 0.497 e. The minimum atomic E-state index is -0.558. The Hall–Kier alpha value is -3.87. The number of benzene rings is 3. The molecule has 7 heteroatoms. The molecule has 0 amide bonds. The third-order valence-electron chi connectivity index (χ3n) is 5.47. The van der Waals surface area contributed by atoms with Crippen LogP contribution in [0.2, 0.25) is 0 Å². The Bertz CT molecular complexity index is 1150. The molecule has 0 aliphatic carbocycles. The summed E-state index contributed by atoms with van der Waals surface area (Å²) in [6, 6.07) is 22.2. The van der Waals surface area contributed by atoms with Crippen molar-refractivity contribution in [1.29, 1.82) is 0 Å². The first-order chi connectivity index (χ1) is 14.6. The molecule has 0 bridgehead atoms. The summed E-state index contributed by atoms with van der Waals surface area (Å²) in [6.07, 6.45) is 0.149. The van der Waals surface area contributed by atoms with E-state index in [1.54, 1.807) is 19.2 Å². The van der Waals surface area contributed by atoms with Crippen LogP contribution < -0.4 is 9.47 Å². The van der Waals surface area contributed by atoms with Crippen molar-refractivity contribution >= 4 is 11.4 Å². The maximum atomic E-state index is 11.3. The fourth-order valence-electron chi connectivity index (χ4n) is 4.01. The van der Waals surface area contributed by atoms with Gasteiger partial charge in [0.05, 0.1) is 23.8 Å². The van der Waals surface area contributed by atoms with Crippen LogP contribution in [0.4, 0.5) is 5.69 Å². The molecule has 2 aliphatic heterocycles. The highest BCUT2D eigenvalue weighted by atomic mass is 16.6. The maximum Gasteiger partial charge on any atom is 0.269 e. The Balaban J connectivity index is 1.61. The number of nitrogens with zero attached hydrogens (tertiary/aromatic N) is 3. The highest BCUT2D eigenvalue weighted by Gasteiger charge is 2.41. The number of nitro groups is 1. The molecule has 7 nitrogen and oxygen atoms in total. The van der Waals surface area contributed by atoms with Gasteiger partial charge in [0, 0.05) is 29.7 Å². The van der Waals surface area contributed by atoms with Crippen molar-refractivity contribution in [3.63, 3.8) is 0 Å². The SMILES string of the molecule is COc1ccc2c(c1)[C@H]1CC(c3ccccc3)=NN1[C@@H](c1cccc([N+](=O)[O-])c1)O2. The normalized spacial score (nSPS) is 19.4. The average Bonchev–Trinajstić information content (AvgIpc) is 3.24. The second-order valence-electron chi connectivity index (χ2n) is 7.24. The van der Waals surface area contributed by atoms with Crippen molar-refractivity contribution < 1.29 is 14.4 Å². The highest BCUT2D eigenvalue weighted by Crippen LogP contribution is 2.48. The molecule has 150 valence electrons. The molecule has 2 atom stereocenters. The number of hydrogen-bond acceptors (Lipinski definition) is 6. The van der Waals surface area contributed by atoms with Crippen LogP contribution in [0, 0.1) is 10.1 Å². The van der Waals surface area contributed by atoms with Crippen molar-refractivity contribution in [3.8, 4) is 11.5 Å². The summed E-state index contributed by atoms with van der Waals surface area (Å²) >= 11 is 0. The van der Waals surface area contributed by atoms with Gasteiger partial charge in [0.2, 0.25) is 6.23 Å². The van der Waals surface area contributed by atoms with Gasteiger partial charge in [0.15, 0.2) is 0 Å². The summed E-state index contributed by atoms with van der Waals surface area (Å²) in [7, 11) is 1.63. The molecule has 0 fully saturated rings. The first kappa shape index (κ1) is 18.2. The van der Waals surface area contributed by atoms with Crippen LogP contribution >= 0.6 is 0 Å². The van der Waals surface area contributed by atoms with Crippen LogP contribution in [-0.4, -0.2) is 22.8 Å². The molecule has 0 N–H and O–H groups in total. The van der Waals surface area contributed by atoms with Crippen molar-refractivity contribution in [1.82, 2.24) is 5.01 Å². The molecule has 0 aromatic heterocycles. The number of hydrogen-bond donors (Lipinski definition) is 0. The monoisotopic (exact) mass is 401 g/mol. The van der Waals surface area contributed by atoms with Crippen molar-refractivity contribution in [2.75, 3.05) is 7.11 Å². The van der Waals surface area contributed by atoms with E-state index < -0.39 is 11.2 Å². The number of ether oxygens (including phenoxy) is 2. The lowest BCUT2D eigenvalue weighted by Crippen LogP contribution is -2.33. The summed E-state index contributed by atoms with van der Waals surface area (Å²) in [5.74, 6) is 1.48. The Morgan fingerprint density at radius 3 is 2.70 bits per heavy atom. The third kappa shape index (κ3) is 3.04. The van der Waals surface area contributed by atoms with E-state index in [1.165, 1.54) is 6.07 Å². The lowest BCUT2D eigenvalue weighted by molar-refractivity contribution is -0.385. The molecule has 0 radical (unpaired) electrons. The second kappa shape index (κ2) is 7.18. The van der Waals surface area contributed by atoms with Crippen molar-refractivity contribution in [2.45, 2.75) is 18.7 Å². The van der Waals surface area contributed by atoms with E-state index in [4.69, 9.17) is 14.6 Å². The Morgan fingerprint density at radius 1 is 1.10 bits per heavy atom. The highest BCUT2D eigenvalue weighted by molar-refractivity contribution is 6.01. The van der Waals surface area contributed by atoms with Gasteiger partial charge in [0.25, 0.3) is 5.69 Å². The predicted molar refractivity (Wildman–Crippen MR) is 112 cm³/mol. The molecule has 30 heavy (non-hydrogen) atoms. The van der Waals surface area contributed by atoms with Crippen LogP contribution in [0.5, 0.6) is 11.5 Å². The molecular formula is C23H19N3O4. The van der Waals surface area contributed by atoms with E-state index >= 15 is 0 Å². The smallest absolute Gasteiger partial charge is 0.269 e. The Kier molecular flexibility index (Phi) is 4.35. The Morgan fingerprint density at radius 2 is 1.93 bits per heavy atom. The minimum absolute atomic E-state index is 0.0274. The number of rotatable bonds is 4. The fraction of sp³-hybridized carbons (Fsp3) is 0.174. The number of hydrazone groups is 1. The van der Waals surface area contributed by atoms with Crippen LogP contribution in [0.25, 0.3) is 0 Å². The van der Waals surface area contributed by atoms with Crippen LogP contribution in [0.15, 0.2) is 77.9 Å². The summed E-state index contributed by atoms with van der Waals surface area (Å²) in [5, 5.41) is 18.1. The molecule has 0 unspecified atom stereocenters. The summed E-state index contributed by atoms with van der Waals surface area (Å²) in [6.45, 7) is 0. The van der Waals surface area contributed by atoms with E-state index in [0.29, 0.717) is 12.0 Å². The van der Waals surface area contributed by atoms with Crippen LogP contribution in [0.1, 0.15) is 35.4 Å². The summed E-state index contributed by atoms with van der Waals surface area (Å²) in [5.41, 5.74) is 3.71. The van der Waals surface area contributed by atoms with Gasteiger partial charge in [-0.2, -0.15) is 5.10 Å². The van der Waals surface area contributed by atoms with Gasteiger partial charge < -0.3 is 9.47 Å². The molecule has 5 rings (SSSR count). The first-order valence-corrected chi connectivity index (χ1v) is 9.64. The molecule has 2 aliphatic rings. The number of methoxy groups -OCH3 is 1. The van der Waals surface area contributed by atoms with Crippen molar-refractivity contribution in [3.05, 3.63) is 99.6 Å². The molecule has 3 aromatic carbocycles. The number of fused-ring (bicyclic) bond motifs is 3. The first-order valence-electron chi connectivity index (χ1n) is 9.64. The van der Waals surface area contributed by atoms with Gasteiger partial charge in [-0.1, -0.05) is 42.5 Å². The fourth-order valence-corrected chi connectivity index (χ4v) is 4.01. The lowest BCUT2D eigenvalue weighted by atomic mass is 9.95. The molecule has 0 saturated heterocycles.